The van der Waals surface area contributed by atoms with Crippen LogP contribution in [0.2, 0.25) is 0 Å². The van der Waals surface area contributed by atoms with Crippen molar-refractivity contribution in [1.29, 1.82) is 0 Å². The number of aryl methyl sites for hydroxylation is 2. The van der Waals surface area contributed by atoms with Crippen LogP contribution in [-0.2, 0) is 0 Å². The molecule has 0 radical (unpaired) electrons. The summed E-state index contributed by atoms with van der Waals surface area (Å²) in [5.74, 6) is 1.92. The summed E-state index contributed by atoms with van der Waals surface area (Å²) < 4.78 is 0. The SMILES string of the molecule is Cc1ccc(C(N)CN(CC2CC2)CC2CC2)c(C)c1. The predicted octanol–water partition coefficient (Wildman–Crippen LogP) is 3.43. The zero-order chi connectivity index (χ0) is 14.1. The van der Waals surface area contributed by atoms with Gasteiger partial charge in [-0.15, -0.1) is 0 Å². The molecule has 2 aliphatic carbocycles. The zero-order valence-corrected chi connectivity index (χ0v) is 12.9. The van der Waals surface area contributed by atoms with Gasteiger partial charge in [0.15, 0.2) is 0 Å². The molecule has 2 aliphatic rings. The van der Waals surface area contributed by atoms with E-state index in [1.54, 1.807) is 0 Å². The maximum absolute atomic E-state index is 6.50. The van der Waals surface area contributed by atoms with Crippen molar-refractivity contribution < 1.29 is 0 Å². The first-order chi connectivity index (χ1) is 9.61. The van der Waals surface area contributed by atoms with Gasteiger partial charge in [-0.3, -0.25) is 0 Å². The largest absolute Gasteiger partial charge is 0.323 e. The second-order valence-electron chi connectivity index (χ2n) is 7.07. The summed E-state index contributed by atoms with van der Waals surface area (Å²) in [6, 6.07) is 6.82. The maximum Gasteiger partial charge on any atom is 0.0426 e. The molecule has 2 saturated carbocycles. The summed E-state index contributed by atoms with van der Waals surface area (Å²) in [4.78, 5) is 2.64. The Morgan fingerprint density at radius 3 is 2.20 bits per heavy atom. The topological polar surface area (TPSA) is 29.3 Å². The lowest BCUT2D eigenvalue weighted by molar-refractivity contribution is 0.238. The number of nitrogens with zero attached hydrogens (tertiary/aromatic N) is 1. The zero-order valence-electron chi connectivity index (χ0n) is 12.9. The van der Waals surface area contributed by atoms with E-state index in [4.69, 9.17) is 5.73 Å². The molecule has 2 N–H and O–H groups in total. The lowest BCUT2D eigenvalue weighted by atomic mass is 9.99. The van der Waals surface area contributed by atoms with E-state index in [2.05, 4.69) is 36.9 Å². The Balaban J connectivity index is 1.62. The van der Waals surface area contributed by atoms with Gasteiger partial charge in [0, 0.05) is 25.7 Å². The molecule has 1 aromatic carbocycles. The highest BCUT2D eigenvalue weighted by Crippen LogP contribution is 2.34. The second kappa shape index (κ2) is 5.87. The Kier molecular flexibility index (Phi) is 4.13. The lowest BCUT2D eigenvalue weighted by Gasteiger charge is -2.26. The first-order valence-electron chi connectivity index (χ1n) is 8.17. The fourth-order valence-electron chi connectivity index (χ4n) is 3.17. The Morgan fingerprint density at radius 2 is 1.70 bits per heavy atom. The number of nitrogens with two attached hydrogens (primary N) is 1. The van der Waals surface area contributed by atoms with Gasteiger partial charge in [0.25, 0.3) is 0 Å². The third kappa shape index (κ3) is 3.83. The van der Waals surface area contributed by atoms with E-state index in [1.807, 2.05) is 0 Å². The number of benzene rings is 1. The molecule has 0 saturated heterocycles. The smallest absolute Gasteiger partial charge is 0.0426 e. The number of rotatable bonds is 7. The van der Waals surface area contributed by atoms with Crippen molar-refractivity contribution in [1.82, 2.24) is 4.90 Å². The number of hydrogen-bond donors (Lipinski definition) is 1. The van der Waals surface area contributed by atoms with Crippen molar-refractivity contribution in [3.8, 4) is 0 Å². The monoisotopic (exact) mass is 272 g/mol. The van der Waals surface area contributed by atoms with Gasteiger partial charge >= 0.3 is 0 Å². The molecule has 20 heavy (non-hydrogen) atoms. The standard InChI is InChI=1S/C18H28N2/c1-13-3-8-17(14(2)9-13)18(19)12-20(10-15-4-5-15)11-16-6-7-16/h3,8-9,15-16,18H,4-7,10-12,19H2,1-2H3. The van der Waals surface area contributed by atoms with Gasteiger partial charge in [-0.1, -0.05) is 23.8 Å². The van der Waals surface area contributed by atoms with E-state index < -0.39 is 0 Å². The maximum atomic E-state index is 6.50. The van der Waals surface area contributed by atoms with Crippen LogP contribution in [0.3, 0.4) is 0 Å². The summed E-state index contributed by atoms with van der Waals surface area (Å²) >= 11 is 0. The second-order valence-corrected chi connectivity index (χ2v) is 7.07. The van der Waals surface area contributed by atoms with Crippen LogP contribution in [0.1, 0.15) is 48.4 Å². The van der Waals surface area contributed by atoms with E-state index in [0.717, 1.165) is 18.4 Å². The Hall–Kier alpha value is -0.860. The molecule has 0 bridgehead atoms. The predicted molar refractivity (Wildman–Crippen MR) is 84.7 cm³/mol. The van der Waals surface area contributed by atoms with Gasteiger partial charge in [-0.05, 0) is 62.5 Å². The highest BCUT2D eigenvalue weighted by atomic mass is 15.1. The third-order valence-corrected chi connectivity index (χ3v) is 4.71. The molecular formula is C18H28N2. The van der Waals surface area contributed by atoms with Crippen LogP contribution in [0.4, 0.5) is 0 Å². The third-order valence-electron chi connectivity index (χ3n) is 4.71. The fourth-order valence-corrected chi connectivity index (χ4v) is 3.17. The molecule has 1 unspecified atom stereocenters. The van der Waals surface area contributed by atoms with E-state index >= 15 is 0 Å². The van der Waals surface area contributed by atoms with Gasteiger partial charge in [-0.2, -0.15) is 0 Å². The summed E-state index contributed by atoms with van der Waals surface area (Å²) in [7, 11) is 0. The Morgan fingerprint density at radius 1 is 1.10 bits per heavy atom. The highest BCUT2D eigenvalue weighted by Gasteiger charge is 2.30. The van der Waals surface area contributed by atoms with Crippen LogP contribution in [-0.4, -0.2) is 24.5 Å². The van der Waals surface area contributed by atoms with Crippen LogP contribution in [0.15, 0.2) is 18.2 Å². The Labute approximate surface area is 123 Å². The van der Waals surface area contributed by atoms with Crippen LogP contribution in [0.5, 0.6) is 0 Å². The van der Waals surface area contributed by atoms with Crippen molar-refractivity contribution >= 4 is 0 Å². The van der Waals surface area contributed by atoms with Gasteiger partial charge in [0.2, 0.25) is 0 Å². The molecule has 1 atom stereocenters. The minimum absolute atomic E-state index is 0.160. The van der Waals surface area contributed by atoms with Crippen molar-refractivity contribution in [2.24, 2.45) is 17.6 Å². The minimum atomic E-state index is 0.160. The quantitative estimate of drug-likeness (QED) is 0.824. The first-order valence-corrected chi connectivity index (χ1v) is 8.17. The highest BCUT2D eigenvalue weighted by molar-refractivity contribution is 5.32. The van der Waals surface area contributed by atoms with Crippen molar-refractivity contribution in [3.63, 3.8) is 0 Å². The van der Waals surface area contributed by atoms with E-state index in [9.17, 15) is 0 Å². The average Bonchev–Trinajstić information content (AvgIpc) is 3.24. The van der Waals surface area contributed by atoms with E-state index in [0.29, 0.717) is 0 Å². The minimum Gasteiger partial charge on any atom is -0.323 e. The summed E-state index contributed by atoms with van der Waals surface area (Å²) in [6.07, 6.45) is 5.72. The van der Waals surface area contributed by atoms with Crippen LogP contribution >= 0.6 is 0 Å². The molecule has 0 aliphatic heterocycles. The molecule has 110 valence electrons. The molecule has 1 aromatic rings. The van der Waals surface area contributed by atoms with Crippen LogP contribution in [0, 0.1) is 25.7 Å². The normalized spacial score (nSPS) is 20.4. The number of hydrogen-bond acceptors (Lipinski definition) is 2. The summed E-state index contributed by atoms with van der Waals surface area (Å²) in [6.45, 7) is 7.91. The van der Waals surface area contributed by atoms with Crippen molar-refractivity contribution in [2.75, 3.05) is 19.6 Å². The van der Waals surface area contributed by atoms with Crippen LogP contribution in [0.25, 0.3) is 0 Å². The van der Waals surface area contributed by atoms with Crippen LogP contribution < -0.4 is 5.73 Å². The molecule has 3 rings (SSSR count). The van der Waals surface area contributed by atoms with Crippen molar-refractivity contribution in [2.45, 2.75) is 45.6 Å². The fraction of sp³-hybridized carbons (Fsp3) is 0.667. The molecular weight excluding hydrogens is 244 g/mol. The molecule has 2 nitrogen and oxygen atoms in total. The van der Waals surface area contributed by atoms with Gasteiger partial charge in [-0.25, -0.2) is 0 Å². The van der Waals surface area contributed by atoms with E-state index in [-0.39, 0.29) is 6.04 Å². The van der Waals surface area contributed by atoms with Gasteiger partial charge < -0.3 is 10.6 Å². The molecule has 0 aromatic heterocycles. The molecule has 2 fully saturated rings. The molecule has 0 heterocycles. The summed E-state index contributed by atoms with van der Waals surface area (Å²) in [5, 5.41) is 0. The lowest BCUT2D eigenvalue weighted by Crippen LogP contribution is -2.35. The van der Waals surface area contributed by atoms with Gasteiger partial charge in [0.1, 0.15) is 0 Å². The molecule has 0 amide bonds. The summed E-state index contributed by atoms with van der Waals surface area (Å²) in [5.41, 5.74) is 10.5. The Bertz CT molecular complexity index is 446. The van der Waals surface area contributed by atoms with Crippen molar-refractivity contribution in [3.05, 3.63) is 34.9 Å². The average molecular weight is 272 g/mol. The molecule has 2 heteroatoms. The first kappa shape index (κ1) is 14.1. The van der Waals surface area contributed by atoms with Gasteiger partial charge in [0.05, 0.1) is 0 Å². The molecule has 0 spiro atoms. The van der Waals surface area contributed by atoms with E-state index in [1.165, 1.54) is 55.5 Å².